The van der Waals surface area contributed by atoms with Gasteiger partial charge in [-0.2, -0.15) is 0 Å². The van der Waals surface area contributed by atoms with Gasteiger partial charge in [0, 0.05) is 16.3 Å². The quantitative estimate of drug-likeness (QED) is 0.173. The Morgan fingerprint density at radius 1 is 0.353 bits per heavy atom. The molecule has 0 spiro atoms. The van der Waals surface area contributed by atoms with Crippen molar-refractivity contribution in [2.24, 2.45) is 0 Å². The average Bonchev–Trinajstić information content (AvgIpc) is 3.65. The summed E-state index contributed by atoms with van der Waals surface area (Å²) in [5.74, 6) is 0. The molecule has 12 aromatic rings. The van der Waals surface area contributed by atoms with E-state index in [2.05, 4.69) is 115 Å². The van der Waals surface area contributed by atoms with Gasteiger partial charge in [0.2, 0.25) is 0 Å². The summed E-state index contributed by atoms with van der Waals surface area (Å²) >= 11 is 0. The van der Waals surface area contributed by atoms with Crippen molar-refractivity contribution in [3.8, 4) is 33.4 Å². The van der Waals surface area contributed by atoms with Crippen molar-refractivity contribution in [2.45, 2.75) is 0 Å². The third-order valence-electron chi connectivity index (χ3n) is 10.8. The van der Waals surface area contributed by atoms with Crippen LogP contribution >= 0.6 is 0 Å². The van der Waals surface area contributed by atoms with Crippen LogP contribution in [0.5, 0.6) is 0 Å². The highest BCUT2D eigenvalue weighted by atomic mass is 16.3. The summed E-state index contributed by atoms with van der Waals surface area (Å²) in [6, 6.07) is 42.3. The van der Waals surface area contributed by atoms with Crippen LogP contribution in [-0.2, 0) is 0 Å². The number of furan rings is 1. The lowest BCUT2D eigenvalue weighted by atomic mass is 9.86. The van der Waals surface area contributed by atoms with Gasteiger partial charge in [0.1, 0.15) is 11.2 Å². The van der Waals surface area contributed by atoms with Crippen molar-refractivity contribution in [3.63, 3.8) is 0 Å². The van der Waals surface area contributed by atoms with Crippen molar-refractivity contribution in [3.05, 3.63) is 170 Å². The molecule has 1 aromatic heterocycles. The maximum atomic E-state index is 9.38. The number of para-hydroxylation sites is 2. The molecule has 0 saturated carbocycles. The van der Waals surface area contributed by atoms with Crippen LogP contribution in [0.1, 0.15) is 9.60 Å². The van der Waals surface area contributed by atoms with Crippen molar-refractivity contribution >= 4 is 86.6 Å². The molecular formula is C50H28O. The predicted molar refractivity (Wildman–Crippen MR) is 217 cm³/mol. The Balaban J connectivity index is 1.22. The van der Waals surface area contributed by atoms with Gasteiger partial charge in [-0.25, -0.2) is 0 Å². The Morgan fingerprint density at radius 3 is 1.37 bits per heavy atom. The standard InChI is InChI=1S/C50H28O/c1-2-13-45-41(10-1)44-12-5-11-40(50(44)51-45)37-27-35(38-22-18-33-16-14-29-6-3-8-31-20-24-42(38)48(33)46(29)31)26-36(28-37)39-23-19-34-17-15-30-7-4-9-32-21-25-43(39)49(34)47(30)32/h1-28H/i1D,2D,5D,10D,11D,12D,13D. The molecule has 0 bridgehead atoms. The third kappa shape index (κ3) is 3.75. The molecule has 0 fully saturated rings. The van der Waals surface area contributed by atoms with E-state index in [1.54, 1.807) is 0 Å². The summed E-state index contributed by atoms with van der Waals surface area (Å²) in [5.41, 5.74) is 4.54. The van der Waals surface area contributed by atoms with Crippen LogP contribution < -0.4 is 0 Å². The Hall–Kier alpha value is -6.70. The van der Waals surface area contributed by atoms with Crippen LogP contribution in [0.15, 0.2) is 174 Å². The van der Waals surface area contributed by atoms with Crippen molar-refractivity contribution in [1.82, 2.24) is 0 Å². The number of hydrogen-bond acceptors (Lipinski definition) is 1. The molecule has 51 heavy (non-hydrogen) atoms. The second kappa shape index (κ2) is 9.94. The van der Waals surface area contributed by atoms with E-state index in [4.69, 9.17) is 12.6 Å². The van der Waals surface area contributed by atoms with Crippen molar-refractivity contribution in [2.75, 3.05) is 0 Å². The fraction of sp³-hybridized carbons (Fsp3) is 0. The molecule has 0 radical (unpaired) electrons. The monoisotopic (exact) mass is 651 g/mol. The van der Waals surface area contributed by atoms with Crippen molar-refractivity contribution < 1.29 is 14.0 Å². The lowest BCUT2D eigenvalue weighted by Crippen LogP contribution is -1.91. The molecule has 1 heterocycles. The average molecular weight is 652 g/mol. The first-order valence-corrected chi connectivity index (χ1v) is 17.1. The van der Waals surface area contributed by atoms with Crippen LogP contribution in [-0.4, -0.2) is 0 Å². The molecule has 0 aliphatic rings. The smallest absolute Gasteiger partial charge is 0.143 e. The molecule has 1 heteroatoms. The minimum atomic E-state index is -0.450. The van der Waals surface area contributed by atoms with E-state index >= 15 is 0 Å². The highest BCUT2D eigenvalue weighted by Crippen LogP contribution is 2.45. The van der Waals surface area contributed by atoms with Crippen LogP contribution in [0.25, 0.3) is 120 Å². The van der Waals surface area contributed by atoms with E-state index in [9.17, 15) is 1.37 Å². The lowest BCUT2D eigenvalue weighted by Gasteiger charge is -2.18. The minimum absolute atomic E-state index is 0.0377. The summed E-state index contributed by atoms with van der Waals surface area (Å²) in [6.07, 6.45) is 0. The molecule has 1 nitrogen and oxygen atoms in total. The van der Waals surface area contributed by atoms with Gasteiger partial charge in [-0.1, -0.05) is 145 Å². The molecule has 0 N–H and O–H groups in total. The first-order valence-electron chi connectivity index (χ1n) is 20.6. The number of hydrogen-bond donors (Lipinski definition) is 0. The predicted octanol–water partition coefficient (Wildman–Crippen LogP) is 14.4. The van der Waals surface area contributed by atoms with E-state index < -0.39 is 12.1 Å². The first-order chi connectivity index (χ1) is 28.2. The summed E-state index contributed by atoms with van der Waals surface area (Å²) in [6.45, 7) is 0. The SMILES string of the molecule is [2H]c1c([2H])c([2H])c2c(oc3c(-c4cc(-c5ccc6ccc7cccc8ccc5c6c78)cc(-c5ccc6ccc7cccc8ccc5c6c78)c4)c([2H])c([2H])c([2H])c32)c1[2H]. The molecule has 0 aliphatic carbocycles. The normalized spacial score (nSPS) is 14.2. The Morgan fingerprint density at radius 2 is 0.804 bits per heavy atom. The maximum Gasteiger partial charge on any atom is 0.143 e. The zero-order valence-electron chi connectivity index (χ0n) is 34.0. The van der Waals surface area contributed by atoms with E-state index in [0.717, 1.165) is 65.3 Å². The largest absolute Gasteiger partial charge is 0.455 e. The molecule has 0 aliphatic heterocycles. The minimum Gasteiger partial charge on any atom is -0.455 e. The zero-order valence-corrected chi connectivity index (χ0v) is 27.0. The van der Waals surface area contributed by atoms with Gasteiger partial charge in [0.25, 0.3) is 0 Å². The first kappa shape index (κ1) is 21.4. The van der Waals surface area contributed by atoms with Crippen LogP contribution in [0.3, 0.4) is 0 Å². The van der Waals surface area contributed by atoms with Crippen LogP contribution in [0.2, 0.25) is 0 Å². The zero-order chi connectivity index (χ0) is 39.3. The molecule has 12 rings (SSSR count). The second-order valence-corrected chi connectivity index (χ2v) is 13.5. The summed E-state index contributed by atoms with van der Waals surface area (Å²) < 4.78 is 68.0. The van der Waals surface area contributed by atoms with Gasteiger partial charge in [-0.3, -0.25) is 0 Å². The third-order valence-corrected chi connectivity index (χ3v) is 10.8. The van der Waals surface area contributed by atoms with Crippen LogP contribution in [0.4, 0.5) is 0 Å². The van der Waals surface area contributed by atoms with E-state index in [0.29, 0.717) is 5.56 Å². The fourth-order valence-electron chi connectivity index (χ4n) is 8.59. The highest BCUT2D eigenvalue weighted by Gasteiger charge is 2.19. The van der Waals surface area contributed by atoms with E-state index in [1.165, 1.54) is 21.5 Å². The van der Waals surface area contributed by atoms with E-state index in [1.807, 2.05) is 12.1 Å². The van der Waals surface area contributed by atoms with Gasteiger partial charge in [0.05, 0.1) is 9.60 Å². The Bertz CT molecular complexity index is 3570. The van der Waals surface area contributed by atoms with Gasteiger partial charge in [0.15, 0.2) is 0 Å². The molecule has 0 unspecified atom stereocenters. The summed E-state index contributed by atoms with van der Waals surface area (Å²) in [4.78, 5) is 0. The van der Waals surface area contributed by atoms with Crippen LogP contribution in [0, 0.1) is 0 Å². The van der Waals surface area contributed by atoms with Gasteiger partial charge in [-0.15, -0.1) is 0 Å². The number of benzene rings is 11. The maximum absolute atomic E-state index is 9.38. The van der Waals surface area contributed by atoms with Gasteiger partial charge < -0.3 is 4.42 Å². The summed E-state index contributed by atoms with van der Waals surface area (Å²) in [7, 11) is 0. The van der Waals surface area contributed by atoms with Gasteiger partial charge >= 0.3 is 0 Å². The van der Waals surface area contributed by atoms with E-state index in [-0.39, 0.29) is 57.7 Å². The lowest BCUT2D eigenvalue weighted by molar-refractivity contribution is 0.670. The van der Waals surface area contributed by atoms with Gasteiger partial charge in [-0.05, 0) is 117 Å². The molecule has 11 aromatic carbocycles. The Labute approximate surface area is 303 Å². The van der Waals surface area contributed by atoms with Crippen molar-refractivity contribution in [1.29, 1.82) is 0 Å². The molecule has 0 atom stereocenters. The molecule has 234 valence electrons. The topological polar surface area (TPSA) is 13.1 Å². The molecular weight excluding hydrogens is 617 g/mol. The second-order valence-electron chi connectivity index (χ2n) is 13.5. The fourth-order valence-corrected chi connectivity index (χ4v) is 8.59. The number of fused-ring (bicyclic) bond motifs is 3. The molecule has 0 saturated heterocycles. The Kier molecular flexibility index (Phi) is 4.17. The summed E-state index contributed by atoms with van der Waals surface area (Å²) in [5, 5.41) is 13.9. The number of rotatable bonds is 3. The molecule has 0 amide bonds. The highest BCUT2D eigenvalue weighted by molar-refractivity contribution is 6.27.